The first-order valence-corrected chi connectivity index (χ1v) is 7.19. The van der Waals surface area contributed by atoms with Crippen molar-refractivity contribution in [2.45, 2.75) is 19.4 Å². The molecule has 0 spiro atoms. The second-order valence-electron chi connectivity index (χ2n) is 5.52. The summed E-state index contributed by atoms with van der Waals surface area (Å²) in [6.07, 6.45) is 0.853. The van der Waals surface area contributed by atoms with Gasteiger partial charge in [0.05, 0.1) is 0 Å². The van der Waals surface area contributed by atoms with Crippen LogP contribution in [0.15, 0.2) is 48.5 Å². The van der Waals surface area contributed by atoms with Crippen LogP contribution in [0.4, 0.5) is 4.39 Å². The van der Waals surface area contributed by atoms with E-state index in [1.54, 1.807) is 6.07 Å². The van der Waals surface area contributed by atoms with E-state index in [0.717, 1.165) is 29.8 Å². The molecule has 0 fully saturated rings. The van der Waals surface area contributed by atoms with Crippen molar-refractivity contribution >= 4 is 0 Å². The van der Waals surface area contributed by atoms with Crippen molar-refractivity contribution in [1.29, 1.82) is 0 Å². The molecule has 2 aromatic carbocycles. The van der Waals surface area contributed by atoms with Gasteiger partial charge in [0.1, 0.15) is 17.7 Å². The molecule has 0 heterocycles. The van der Waals surface area contributed by atoms with Gasteiger partial charge in [0.2, 0.25) is 0 Å². The maximum Gasteiger partial charge on any atom is 0.125 e. The summed E-state index contributed by atoms with van der Waals surface area (Å²) in [5, 5.41) is 0. The summed E-state index contributed by atoms with van der Waals surface area (Å²) in [7, 11) is 4.09. The largest absolute Gasteiger partial charge is 0.485 e. The quantitative estimate of drug-likeness (QED) is 0.789. The normalized spacial score (nSPS) is 12.4. The van der Waals surface area contributed by atoms with Crippen molar-refractivity contribution in [3.63, 3.8) is 0 Å². The third kappa shape index (κ3) is 4.57. The van der Waals surface area contributed by atoms with E-state index in [9.17, 15) is 4.39 Å². The Morgan fingerprint density at radius 3 is 2.43 bits per heavy atom. The molecule has 0 aliphatic heterocycles. The Morgan fingerprint density at radius 2 is 1.81 bits per heavy atom. The maximum atomic E-state index is 13.2. The minimum absolute atomic E-state index is 0.0299. The summed E-state index contributed by atoms with van der Waals surface area (Å²) in [6, 6.07) is 14.8. The van der Waals surface area contributed by atoms with Gasteiger partial charge in [0, 0.05) is 13.0 Å². The zero-order chi connectivity index (χ0) is 15.2. The summed E-state index contributed by atoms with van der Waals surface area (Å²) >= 11 is 0. The van der Waals surface area contributed by atoms with Crippen LogP contribution in [-0.4, -0.2) is 25.5 Å². The van der Waals surface area contributed by atoms with E-state index in [2.05, 4.69) is 17.0 Å². The van der Waals surface area contributed by atoms with Crippen molar-refractivity contribution in [3.05, 3.63) is 65.5 Å². The Hall–Kier alpha value is -1.87. The highest BCUT2D eigenvalue weighted by molar-refractivity contribution is 5.33. The molecule has 0 saturated heterocycles. The van der Waals surface area contributed by atoms with Gasteiger partial charge in [-0.15, -0.1) is 0 Å². The van der Waals surface area contributed by atoms with Gasteiger partial charge in [-0.1, -0.05) is 30.3 Å². The molecule has 0 N–H and O–H groups in total. The van der Waals surface area contributed by atoms with Crippen LogP contribution >= 0.6 is 0 Å². The van der Waals surface area contributed by atoms with Crippen molar-refractivity contribution in [2.75, 3.05) is 20.6 Å². The van der Waals surface area contributed by atoms with Gasteiger partial charge in [0.25, 0.3) is 0 Å². The van der Waals surface area contributed by atoms with Crippen LogP contribution in [0.2, 0.25) is 0 Å². The Labute approximate surface area is 126 Å². The van der Waals surface area contributed by atoms with E-state index in [0.29, 0.717) is 0 Å². The highest BCUT2D eigenvalue weighted by Crippen LogP contribution is 2.27. The van der Waals surface area contributed by atoms with Gasteiger partial charge < -0.3 is 9.64 Å². The molecule has 2 nitrogen and oxygen atoms in total. The Kier molecular flexibility index (Phi) is 5.34. The first kappa shape index (κ1) is 15.5. The van der Waals surface area contributed by atoms with E-state index in [1.165, 1.54) is 12.1 Å². The molecule has 0 amide bonds. The van der Waals surface area contributed by atoms with E-state index in [1.807, 2.05) is 39.2 Å². The van der Waals surface area contributed by atoms with Gasteiger partial charge >= 0.3 is 0 Å². The molecule has 0 aromatic heterocycles. The molecule has 2 aromatic rings. The van der Waals surface area contributed by atoms with Crippen molar-refractivity contribution in [1.82, 2.24) is 4.90 Å². The molecule has 2 rings (SSSR count). The number of nitrogens with zero attached hydrogens (tertiary/aromatic N) is 1. The fraction of sp³-hybridized carbons (Fsp3) is 0.333. The van der Waals surface area contributed by atoms with Gasteiger partial charge in [-0.2, -0.15) is 0 Å². The molecular weight excluding hydrogens is 265 g/mol. The molecule has 1 atom stereocenters. The first-order chi connectivity index (χ1) is 10.1. The van der Waals surface area contributed by atoms with E-state index in [-0.39, 0.29) is 11.9 Å². The third-order valence-electron chi connectivity index (χ3n) is 3.42. The zero-order valence-electron chi connectivity index (χ0n) is 12.8. The average Bonchev–Trinajstić information content (AvgIpc) is 2.46. The average molecular weight is 287 g/mol. The van der Waals surface area contributed by atoms with Crippen LogP contribution in [-0.2, 0) is 0 Å². The van der Waals surface area contributed by atoms with E-state index < -0.39 is 0 Å². The van der Waals surface area contributed by atoms with E-state index in [4.69, 9.17) is 4.74 Å². The number of ether oxygens (including phenoxy) is 1. The Balaban J connectivity index is 2.19. The Bertz CT molecular complexity index is 569. The van der Waals surface area contributed by atoms with Crippen molar-refractivity contribution < 1.29 is 9.13 Å². The molecule has 0 aliphatic rings. The van der Waals surface area contributed by atoms with Crippen LogP contribution < -0.4 is 4.74 Å². The summed E-state index contributed by atoms with van der Waals surface area (Å²) < 4.78 is 19.3. The molecule has 21 heavy (non-hydrogen) atoms. The molecule has 0 saturated carbocycles. The van der Waals surface area contributed by atoms with Gasteiger partial charge in [-0.3, -0.25) is 0 Å². The third-order valence-corrected chi connectivity index (χ3v) is 3.42. The monoisotopic (exact) mass is 287 g/mol. The van der Waals surface area contributed by atoms with E-state index >= 15 is 0 Å². The molecule has 1 unspecified atom stereocenters. The molecule has 0 bridgehead atoms. The minimum Gasteiger partial charge on any atom is -0.485 e. The first-order valence-electron chi connectivity index (χ1n) is 7.19. The lowest BCUT2D eigenvalue weighted by molar-refractivity contribution is 0.178. The van der Waals surface area contributed by atoms with Crippen LogP contribution in [0.25, 0.3) is 0 Å². The number of hydrogen-bond acceptors (Lipinski definition) is 2. The lowest BCUT2D eigenvalue weighted by atomic mass is 10.1. The van der Waals surface area contributed by atoms with Crippen LogP contribution in [0.5, 0.6) is 5.75 Å². The highest BCUT2D eigenvalue weighted by Gasteiger charge is 2.15. The fourth-order valence-electron chi connectivity index (χ4n) is 2.24. The van der Waals surface area contributed by atoms with Gasteiger partial charge in [-0.05, 0) is 50.3 Å². The number of rotatable bonds is 6. The minimum atomic E-state index is -0.232. The number of halogens is 1. The predicted octanol–water partition coefficient (Wildman–Crippen LogP) is 4.21. The standard InChI is InChI=1S/C18H22FNO/c1-14-13-16(19)9-10-17(14)21-18(11-12-20(2)3)15-7-5-4-6-8-15/h4-10,13,18H,11-12H2,1-3H3. The second kappa shape index (κ2) is 7.23. The molecule has 3 heteroatoms. The molecule has 0 aliphatic carbocycles. The van der Waals surface area contributed by atoms with Gasteiger partial charge in [0.15, 0.2) is 0 Å². The summed E-state index contributed by atoms with van der Waals surface area (Å²) in [4.78, 5) is 2.14. The van der Waals surface area contributed by atoms with Crippen LogP contribution in [0, 0.1) is 12.7 Å². The predicted molar refractivity (Wildman–Crippen MR) is 84.1 cm³/mol. The zero-order valence-corrected chi connectivity index (χ0v) is 12.8. The van der Waals surface area contributed by atoms with Gasteiger partial charge in [-0.25, -0.2) is 4.39 Å². The van der Waals surface area contributed by atoms with Crippen molar-refractivity contribution in [3.8, 4) is 5.75 Å². The summed E-state index contributed by atoms with van der Waals surface area (Å²) in [6.45, 7) is 2.80. The number of aryl methyl sites for hydroxylation is 1. The highest BCUT2D eigenvalue weighted by atomic mass is 19.1. The fourth-order valence-corrected chi connectivity index (χ4v) is 2.24. The smallest absolute Gasteiger partial charge is 0.125 e. The maximum absolute atomic E-state index is 13.2. The lowest BCUT2D eigenvalue weighted by Gasteiger charge is -2.22. The molecule has 0 radical (unpaired) electrons. The van der Waals surface area contributed by atoms with Crippen LogP contribution in [0.1, 0.15) is 23.7 Å². The summed E-state index contributed by atoms with van der Waals surface area (Å²) in [5.74, 6) is 0.508. The molecule has 112 valence electrons. The number of benzene rings is 2. The molecular formula is C18H22FNO. The lowest BCUT2D eigenvalue weighted by Crippen LogP contribution is -2.19. The number of hydrogen-bond donors (Lipinski definition) is 0. The summed E-state index contributed by atoms with van der Waals surface area (Å²) in [5.41, 5.74) is 1.96. The topological polar surface area (TPSA) is 12.5 Å². The van der Waals surface area contributed by atoms with Crippen LogP contribution in [0.3, 0.4) is 0 Å². The van der Waals surface area contributed by atoms with Crippen molar-refractivity contribution in [2.24, 2.45) is 0 Å². The second-order valence-corrected chi connectivity index (χ2v) is 5.52. The SMILES string of the molecule is Cc1cc(F)ccc1OC(CCN(C)C)c1ccccc1. The Morgan fingerprint density at radius 1 is 1.10 bits per heavy atom.